The molecule has 2 N–H and O–H groups in total. The Morgan fingerprint density at radius 1 is 1.36 bits per heavy atom. The molecule has 0 spiro atoms. The minimum Gasteiger partial charge on any atom is -0.480 e. The van der Waals surface area contributed by atoms with Gasteiger partial charge >= 0.3 is 5.97 Å². The first-order valence-corrected chi connectivity index (χ1v) is 4.31. The maximum atomic E-state index is 10.5. The second kappa shape index (κ2) is 4.39. The van der Waals surface area contributed by atoms with Crippen molar-refractivity contribution in [2.45, 2.75) is 13.0 Å². The predicted octanol–water partition coefficient (Wildman–Crippen LogP) is 1.06. The number of hydrogen-bond acceptors (Lipinski definition) is 5. The molecule has 0 aliphatic rings. The molecule has 1 aromatic heterocycles. The molecule has 14 heavy (non-hydrogen) atoms. The van der Waals surface area contributed by atoms with Crippen LogP contribution in [0.15, 0.2) is 0 Å². The average Bonchev–Trinajstić information content (AvgIpc) is 2.01. The highest BCUT2D eigenvalue weighted by Gasteiger charge is 2.12. The SMILES string of the molecule is C[C@H](Nc1nc(Cl)nc(Cl)n1)C(=O)O. The minimum absolute atomic E-state index is 0.0323. The summed E-state index contributed by atoms with van der Waals surface area (Å²) in [6.07, 6.45) is 0. The van der Waals surface area contributed by atoms with Crippen LogP contribution in [0.25, 0.3) is 0 Å². The molecular weight excluding hydrogens is 231 g/mol. The maximum Gasteiger partial charge on any atom is 0.325 e. The minimum atomic E-state index is -1.03. The molecular formula is C6H6Cl2N4O2. The van der Waals surface area contributed by atoms with Crippen LogP contribution >= 0.6 is 23.2 Å². The first-order chi connectivity index (χ1) is 6.49. The Morgan fingerprint density at radius 2 is 1.86 bits per heavy atom. The summed E-state index contributed by atoms with van der Waals surface area (Å²) in [5.41, 5.74) is 0. The summed E-state index contributed by atoms with van der Waals surface area (Å²) in [6.45, 7) is 1.44. The first-order valence-electron chi connectivity index (χ1n) is 3.55. The fraction of sp³-hybridized carbons (Fsp3) is 0.333. The van der Waals surface area contributed by atoms with Gasteiger partial charge in [0.15, 0.2) is 0 Å². The molecule has 1 atom stereocenters. The Balaban J connectivity index is 2.81. The van der Waals surface area contributed by atoms with Gasteiger partial charge in [0.2, 0.25) is 16.5 Å². The number of hydrogen-bond donors (Lipinski definition) is 2. The molecule has 8 heteroatoms. The van der Waals surface area contributed by atoms with Crippen molar-refractivity contribution in [1.29, 1.82) is 0 Å². The van der Waals surface area contributed by atoms with Crippen LogP contribution in [0.5, 0.6) is 0 Å². The molecule has 0 amide bonds. The number of aliphatic carboxylic acids is 1. The summed E-state index contributed by atoms with van der Waals surface area (Å²) in [4.78, 5) is 21.3. The molecule has 0 radical (unpaired) electrons. The van der Waals surface area contributed by atoms with Crippen molar-refractivity contribution in [2.75, 3.05) is 5.32 Å². The Labute approximate surface area is 89.3 Å². The van der Waals surface area contributed by atoms with Crippen LogP contribution in [0.4, 0.5) is 5.95 Å². The number of carboxylic acids is 1. The van der Waals surface area contributed by atoms with Gasteiger partial charge in [-0.1, -0.05) is 0 Å². The molecule has 0 saturated carbocycles. The number of nitrogens with zero attached hydrogens (tertiary/aromatic N) is 3. The molecule has 0 aliphatic heterocycles. The molecule has 0 bridgehead atoms. The number of halogens is 2. The van der Waals surface area contributed by atoms with Gasteiger partial charge in [-0.15, -0.1) is 0 Å². The normalized spacial score (nSPS) is 12.2. The van der Waals surface area contributed by atoms with Crippen LogP contribution < -0.4 is 5.32 Å². The highest BCUT2D eigenvalue weighted by Crippen LogP contribution is 2.10. The summed E-state index contributed by atoms with van der Waals surface area (Å²) < 4.78 is 0. The Morgan fingerprint density at radius 3 is 2.29 bits per heavy atom. The van der Waals surface area contributed by atoms with Gasteiger partial charge in [0.05, 0.1) is 0 Å². The van der Waals surface area contributed by atoms with Crippen molar-refractivity contribution in [1.82, 2.24) is 15.0 Å². The van der Waals surface area contributed by atoms with Crippen molar-refractivity contribution < 1.29 is 9.90 Å². The van der Waals surface area contributed by atoms with Crippen molar-refractivity contribution in [3.05, 3.63) is 10.6 Å². The lowest BCUT2D eigenvalue weighted by molar-refractivity contribution is -0.137. The molecule has 76 valence electrons. The number of carboxylic acid groups (broad SMARTS) is 1. The van der Waals surface area contributed by atoms with E-state index in [-0.39, 0.29) is 16.5 Å². The third-order valence-electron chi connectivity index (χ3n) is 1.30. The van der Waals surface area contributed by atoms with Gasteiger partial charge < -0.3 is 10.4 Å². The molecule has 0 aromatic carbocycles. The average molecular weight is 237 g/mol. The zero-order valence-electron chi connectivity index (χ0n) is 7.03. The highest BCUT2D eigenvalue weighted by molar-refractivity contribution is 6.31. The van der Waals surface area contributed by atoms with E-state index in [2.05, 4.69) is 20.3 Å². The number of carbonyl (C=O) groups is 1. The lowest BCUT2D eigenvalue weighted by Crippen LogP contribution is -2.26. The number of anilines is 1. The van der Waals surface area contributed by atoms with E-state index in [0.717, 1.165) is 0 Å². The number of rotatable bonds is 3. The molecule has 1 aromatic rings. The van der Waals surface area contributed by atoms with Gasteiger partial charge in [-0.25, -0.2) is 0 Å². The van der Waals surface area contributed by atoms with Crippen molar-refractivity contribution in [2.24, 2.45) is 0 Å². The van der Waals surface area contributed by atoms with Crippen LogP contribution in [0.3, 0.4) is 0 Å². The molecule has 0 unspecified atom stereocenters. The summed E-state index contributed by atoms with van der Waals surface area (Å²) in [6, 6.07) is -0.829. The van der Waals surface area contributed by atoms with Crippen LogP contribution in [0, 0.1) is 0 Å². The van der Waals surface area contributed by atoms with E-state index in [9.17, 15) is 4.79 Å². The zero-order valence-corrected chi connectivity index (χ0v) is 8.54. The first kappa shape index (κ1) is 10.9. The van der Waals surface area contributed by atoms with E-state index < -0.39 is 12.0 Å². The van der Waals surface area contributed by atoms with Gasteiger partial charge in [-0.05, 0) is 30.1 Å². The molecule has 0 fully saturated rings. The van der Waals surface area contributed by atoms with Gasteiger partial charge in [0.25, 0.3) is 0 Å². The van der Waals surface area contributed by atoms with Crippen LogP contribution in [-0.4, -0.2) is 32.1 Å². The van der Waals surface area contributed by atoms with Gasteiger partial charge in [0.1, 0.15) is 6.04 Å². The lowest BCUT2D eigenvalue weighted by atomic mass is 10.3. The van der Waals surface area contributed by atoms with E-state index in [0.29, 0.717) is 0 Å². The Bertz CT molecular complexity index is 339. The molecule has 1 rings (SSSR count). The Kier molecular flexibility index (Phi) is 3.43. The Hall–Kier alpha value is -1.14. The van der Waals surface area contributed by atoms with Gasteiger partial charge in [0, 0.05) is 0 Å². The summed E-state index contributed by atoms with van der Waals surface area (Å²) in [5, 5.41) is 10.9. The standard InChI is InChI=1S/C6H6Cl2N4O2/c1-2(3(13)14)9-6-11-4(7)10-5(8)12-6/h2H,1H3,(H,13,14)(H,9,10,11,12)/t2-/m0/s1. The van der Waals surface area contributed by atoms with Crippen LogP contribution in [0.1, 0.15) is 6.92 Å². The molecule has 0 saturated heterocycles. The summed E-state index contributed by atoms with van der Waals surface area (Å²) in [5.74, 6) is -0.998. The number of aromatic nitrogens is 3. The number of nitrogens with one attached hydrogen (secondary N) is 1. The third kappa shape index (κ3) is 2.97. The monoisotopic (exact) mass is 236 g/mol. The smallest absolute Gasteiger partial charge is 0.325 e. The van der Waals surface area contributed by atoms with Crippen molar-refractivity contribution in [3.63, 3.8) is 0 Å². The van der Waals surface area contributed by atoms with Gasteiger partial charge in [-0.2, -0.15) is 15.0 Å². The van der Waals surface area contributed by atoms with E-state index in [1.807, 2.05) is 0 Å². The second-order valence-electron chi connectivity index (χ2n) is 2.40. The van der Waals surface area contributed by atoms with Crippen LogP contribution in [-0.2, 0) is 4.79 Å². The summed E-state index contributed by atoms with van der Waals surface area (Å²) in [7, 11) is 0. The van der Waals surface area contributed by atoms with Crippen molar-refractivity contribution >= 4 is 35.1 Å². The predicted molar refractivity (Wildman–Crippen MR) is 50.6 cm³/mol. The fourth-order valence-electron chi connectivity index (χ4n) is 0.646. The van der Waals surface area contributed by atoms with E-state index in [4.69, 9.17) is 28.3 Å². The highest BCUT2D eigenvalue weighted by atomic mass is 35.5. The topological polar surface area (TPSA) is 88.0 Å². The van der Waals surface area contributed by atoms with E-state index >= 15 is 0 Å². The van der Waals surface area contributed by atoms with E-state index in [1.54, 1.807) is 0 Å². The molecule has 6 nitrogen and oxygen atoms in total. The van der Waals surface area contributed by atoms with Crippen LogP contribution in [0.2, 0.25) is 10.6 Å². The second-order valence-corrected chi connectivity index (χ2v) is 3.08. The van der Waals surface area contributed by atoms with Gasteiger partial charge in [-0.3, -0.25) is 4.79 Å². The quantitative estimate of drug-likeness (QED) is 0.817. The molecule has 0 aliphatic carbocycles. The van der Waals surface area contributed by atoms with Crippen molar-refractivity contribution in [3.8, 4) is 0 Å². The zero-order chi connectivity index (χ0) is 10.7. The van der Waals surface area contributed by atoms with E-state index in [1.165, 1.54) is 6.92 Å². The summed E-state index contributed by atoms with van der Waals surface area (Å²) >= 11 is 11.0. The fourth-order valence-corrected chi connectivity index (χ4v) is 1.01. The maximum absolute atomic E-state index is 10.5. The largest absolute Gasteiger partial charge is 0.480 e. The third-order valence-corrected chi connectivity index (χ3v) is 1.63. The molecule has 1 heterocycles. The lowest BCUT2D eigenvalue weighted by Gasteiger charge is -2.08.